The number of benzene rings is 2. The van der Waals surface area contributed by atoms with Crippen LogP contribution in [0.2, 0.25) is 0 Å². The molecule has 2 aromatic rings. The van der Waals surface area contributed by atoms with Crippen LogP contribution < -0.4 is 5.32 Å². The van der Waals surface area contributed by atoms with Crippen LogP contribution in [0.15, 0.2) is 40.9 Å². The number of aryl methyl sites for hydroxylation is 2. The van der Waals surface area contributed by atoms with Crippen LogP contribution in [0.5, 0.6) is 5.75 Å². The van der Waals surface area contributed by atoms with Crippen molar-refractivity contribution >= 4 is 33.5 Å². The van der Waals surface area contributed by atoms with Gasteiger partial charge in [0.15, 0.2) is 6.61 Å². The van der Waals surface area contributed by atoms with E-state index in [4.69, 9.17) is 4.74 Å². The van der Waals surface area contributed by atoms with Gasteiger partial charge in [0.1, 0.15) is 11.3 Å². The van der Waals surface area contributed by atoms with Gasteiger partial charge in [-0.3, -0.25) is 4.79 Å². The van der Waals surface area contributed by atoms with Crippen molar-refractivity contribution in [3.63, 3.8) is 0 Å². The number of carbonyl (C=O) groups excluding carboxylic acids is 2. The predicted octanol–water partition coefficient (Wildman–Crippen LogP) is 3.57. The Kier molecular flexibility index (Phi) is 5.39. The molecule has 6 heteroatoms. The summed E-state index contributed by atoms with van der Waals surface area (Å²) in [4.78, 5) is 23.7. The van der Waals surface area contributed by atoms with E-state index in [2.05, 4.69) is 21.2 Å². The lowest BCUT2D eigenvalue weighted by atomic mass is 10.1. The first-order valence-corrected chi connectivity index (χ1v) is 7.69. The Bertz CT molecular complexity index is 758. The molecule has 2 N–H and O–H groups in total. The number of halogens is 1. The molecule has 2 aromatic carbocycles. The molecule has 2 rings (SSSR count). The number of aromatic hydroxyl groups is 1. The lowest BCUT2D eigenvalue weighted by Gasteiger charge is -2.09. The fraction of sp³-hybridized carbons (Fsp3) is 0.176. The number of carbonyl (C=O) groups is 2. The summed E-state index contributed by atoms with van der Waals surface area (Å²) in [6.07, 6.45) is 0. The molecule has 0 saturated heterocycles. The average molecular weight is 378 g/mol. The molecular formula is C17H16BrNO4. The molecule has 0 atom stereocenters. The number of amides is 1. The van der Waals surface area contributed by atoms with Crippen molar-refractivity contribution in [3.8, 4) is 5.75 Å². The minimum atomic E-state index is -0.749. The number of nitrogens with one attached hydrogen (secondary N) is 1. The fourth-order valence-corrected chi connectivity index (χ4v) is 2.52. The summed E-state index contributed by atoms with van der Waals surface area (Å²) in [7, 11) is 0. The molecule has 0 aliphatic carbocycles. The van der Waals surface area contributed by atoms with E-state index in [1.165, 1.54) is 12.1 Å². The fourth-order valence-electron chi connectivity index (χ4n) is 1.93. The van der Waals surface area contributed by atoms with Crippen molar-refractivity contribution in [2.75, 3.05) is 11.9 Å². The highest BCUT2D eigenvalue weighted by Crippen LogP contribution is 2.23. The number of hydrogen-bond donors (Lipinski definition) is 2. The lowest BCUT2D eigenvalue weighted by Crippen LogP contribution is -2.21. The standard InChI is InChI=1S/C17H16BrNO4/c1-10-4-6-14(13(18)7-10)19-16(21)9-23-17(22)12-5-3-11(2)8-15(12)20/h3-8,20H,9H2,1-2H3,(H,19,21). The van der Waals surface area contributed by atoms with E-state index in [0.717, 1.165) is 15.6 Å². The van der Waals surface area contributed by atoms with Crippen LogP contribution in [-0.2, 0) is 9.53 Å². The third-order valence-electron chi connectivity index (χ3n) is 3.11. The van der Waals surface area contributed by atoms with E-state index < -0.39 is 18.5 Å². The van der Waals surface area contributed by atoms with Crippen LogP contribution >= 0.6 is 15.9 Å². The van der Waals surface area contributed by atoms with E-state index in [0.29, 0.717) is 5.69 Å². The highest BCUT2D eigenvalue weighted by Gasteiger charge is 2.15. The first kappa shape index (κ1) is 17.0. The molecule has 0 radical (unpaired) electrons. The zero-order valence-electron chi connectivity index (χ0n) is 12.7. The summed E-state index contributed by atoms with van der Waals surface area (Å²) < 4.78 is 5.66. The Morgan fingerprint density at radius 1 is 1.13 bits per heavy atom. The van der Waals surface area contributed by atoms with Gasteiger partial charge in [0.2, 0.25) is 0 Å². The number of hydrogen-bond acceptors (Lipinski definition) is 4. The summed E-state index contributed by atoms with van der Waals surface area (Å²) in [6, 6.07) is 10.1. The molecule has 0 fully saturated rings. The summed E-state index contributed by atoms with van der Waals surface area (Å²) in [5, 5.41) is 12.4. The molecule has 120 valence electrons. The minimum absolute atomic E-state index is 0.0277. The largest absolute Gasteiger partial charge is 0.507 e. The Labute approximate surface area is 142 Å². The monoisotopic (exact) mass is 377 g/mol. The molecule has 0 unspecified atom stereocenters. The molecule has 0 spiro atoms. The average Bonchev–Trinajstić information content (AvgIpc) is 2.48. The van der Waals surface area contributed by atoms with Crippen molar-refractivity contribution in [2.24, 2.45) is 0 Å². The van der Waals surface area contributed by atoms with Gasteiger partial charge >= 0.3 is 5.97 Å². The van der Waals surface area contributed by atoms with Crippen LogP contribution in [0.3, 0.4) is 0 Å². The number of esters is 1. The zero-order valence-corrected chi connectivity index (χ0v) is 14.3. The van der Waals surface area contributed by atoms with Gasteiger partial charge in [0.25, 0.3) is 5.91 Å². The summed E-state index contributed by atoms with van der Waals surface area (Å²) >= 11 is 3.35. The molecule has 23 heavy (non-hydrogen) atoms. The highest BCUT2D eigenvalue weighted by molar-refractivity contribution is 9.10. The SMILES string of the molecule is Cc1ccc(C(=O)OCC(=O)Nc2ccc(C)cc2Br)c(O)c1. The molecule has 5 nitrogen and oxygen atoms in total. The van der Waals surface area contributed by atoms with Gasteiger partial charge in [0.05, 0.1) is 5.69 Å². The predicted molar refractivity (Wildman–Crippen MR) is 90.6 cm³/mol. The van der Waals surface area contributed by atoms with Gasteiger partial charge in [-0.15, -0.1) is 0 Å². The number of phenols is 1. The van der Waals surface area contributed by atoms with E-state index >= 15 is 0 Å². The smallest absolute Gasteiger partial charge is 0.342 e. The molecule has 0 aliphatic heterocycles. The van der Waals surface area contributed by atoms with Gasteiger partial charge in [-0.25, -0.2) is 4.79 Å². The quantitative estimate of drug-likeness (QED) is 0.798. The van der Waals surface area contributed by atoms with E-state index in [9.17, 15) is 14.7 Å². The van der Waals surface area contributed by atoms with Crippen molar-refractivity contribution < 1.29 is 19.4 Å². The number of ether oxygens (including phenoxy) is 1. The third-order valence-corrected chi connectivity index (χ3v) is 3.76. The van der Waals surface area contributed by atoms with Gasteiger partial charge in [-0.2, -0.15) is 0 Å². The Morgan fingerprint density at radius 3 is 2.43 bits per heavy atom. The first-order chi connectivity index (χ1) is 10.9. The maximum Gasteiger partial charge on any atom is 0.342 e. The zero-order chi connectivity index (χ0) is 17.0. The van der Waals surface area contributed by atoms with E-state index in [1.807, 2.05) is 19.1 Å². The number of anilines is 1. The lowest BCUT2D eigenvalue weighted by molar-refractivity contribution is -0.119. The van der Waals surface area contributed by atoms with Crippen LogP contribution in [0.1, 0.15) is 21.5 Å². The van der Waals surface area contributed by atoms with Gasteiger partial charge < -0.3 is 15.2 Å². The van der Waals surface area contributed by atoms with Gasteiger partial charge in [0, 0.05) is 4.47 Å². The molecule has 0 aliphatic rings. The number of rotatable bonds is 4. The third kappa shape index (κ3) is 4.56. The van der Waals surface area contributed by atoms with Crippen molar-refractivity contribution in [2.45, 2.75) is 13.8 Å². The maximum atomic E-state index is 11.9. The van der Waals surface area contributed by atoms with Crippen molar-refractivity contribution in [1.29, 1.82) is 0 Å². The van der Waals surface area contributed by atoms with Crippen LogP contribution in [-0.4, -0.2) is 23.6 Å². The molecule has 0 aromatic heterocycles. The summed E-state index contributed by atoms with van der Waals surface area (Å²) in [5.41, 5.74) is 2.49. The minimum Gasteiger partial charge on any atom is -0.507 e. The van der Waals surface area contributed by atoms with E-state index in [1.54, 1.807) is 19.1 Å². The molecular weight excluding hydrogens is 362 g/mol. The van der Waals surface area contributed by atoms with Crippen molar-refractivity contribution in [1.82, 2.24) is 0 Å². The number of phenolic OH excluding ortho intramolecular Hbond substituents is 1. The van der Waals surface area contributed by atoms with Crippen LogP contribution in [0, 0.1) is 13.8 Å². The second-order valence-electron chi connectivity index (χ2n) is 5.13. The topological polar surface area (TPSA) is 75.6 Å². The molecule has 0 saturated carbocycles. The van der Waals surface area contributed by atoms with E-state index in [-0.39, 0.29) is 11.3 Å². The highest BCUT2D eigenvalue weighted by atomic mass is 79.9. The summed E-state index contributed by atoms with van der Waals surface area (Å²) in [6.45, 7) is 3.29. The Hall–Kier alpha value is -2.34. The Balaban J connectivity index is 1.94. The first-order valence-electron chi connectivity index (χ1n) is 6.89. The van der Waals surface area contributed by atoms with Crippen LogP contribution in [0.25, 0.3) is 0 Å². The molecule has 0 heterocycles. The summed E-state index contributed by atoms with van der Waals surface area (Å²) in [5.74, 6) is -1.38. The van der Waals surface area contributed by atoms with Gasteiger partial charge in [-0.1, -0.05) is 12.1 Å². The molecule has 1 amide bonds. The Morgan fingerprint density at radius 2 is 1.78 bits per heavy atom. The maximum absolute atomic E-state index is 11.9. The van der Waals surface area contributed by atoms with Crippen molar-refractivity contribution in [3.05, 3.63) is 57.6 Å². The molecule has 0 bridgehead atoms. The second-order valence-corrected chi connectivity index (χ2v) is 5.98. The second kappa shape index (κ2) is 7.28. The normalized spacial score (nSPS) is 10.2. The van der Waals surface area contributed by atoms with Gasteiger partial charge in [-0.05, 0) is 65.2 Å². The van der Waals surface area contributed by atoms with Crippen LogP contribution in [0.4, 0.5) is 5.69 Å².